The van der Waals surface area contributed by atoms with Crippen LogP contribution in [0.15, 0.2) is 71.5 Å². The summed E-state index contributed by atoms with van der Waals surface area (Å²) in [5.74, 6) is 0.727. The number of furan rings is 1. The van der Waals surface area contributed by atoms with Crippen LogP contribution >= 0.6 is 0 Å². The Morgan fingerprint density at radius 3 is 2.33 bits per heavy atom. The first-order valence-electron chi connectivity index (χ1n) is 16.2. The van der Waals surface area contributed by atoms with Gasteiger partial charge in [0.15, 0.2) is 0 Å². The number of nitrogens with one attached hydrogen (secondary N) is 2. The van der Waals surface area contributed by atoms with Crippen LogP contribution in [-0.2, 0) is 0 Å². The lowest BCUT2D eigenvalue weighted by Gasteiger charge is -2.40. The number of hydrogen-bond acceptors (Lipinski definition) is 7. The molecule has 234 valence electrons. The van der Waals surface area contributed by atoms with Crippen LogP contribution in [0.2, 0.25) is 0 Å². The highest BCUT2D eigenvalue weighted by Crippen LogP contribution is 2.39. The maximum atomic E-state index is 13.2. The molecule has 9 heteroatoms. The summed E-state index contributed by atoms with van der Waals surface area (Å²) < 4.78 is 5.60. The summed E-state index contributed by atoms with van der Waals surface area (Å²) in [5.41, 5.74) is 5.17. The Bertz CT molecular complexity index is 1660. The molecule has 3 saturated heterocycles. The van der Waals surface area contributed by atoms with Crippen LogP contribution in [0.1, 0.15) is 70.5 Å². The second-order valence-electron chi connectivity index (χ2n) is 13.0. The van der Waals surface area contributed by atoms with Crippen LogP contribution in [0.4, 0.5) is 11.5 Å². The minimum absolute atomic E-state index is 0.0441. The molecule has 2 aromatic carbocycles. The smallest absolute Gasteiger partial charge is 0.253 e. The van der Waals surface area contributed by atoms with Crippen molar-refractivity contribution in [3.05, 3.63) is 89.3 Å². The molecule has 2 N–H and O–H groups in total. The van der Waals surface area contributed by atoms with Crippen molar-refractivity contribution < 1.29 is 14.0 Å². The van der Waals surface area contributed by atoms with Crippen LogP contribution in [-0.4, -0.2) is 73.1 Å². The van der Waals surface area contributed by atoms with E-state index in [0.717, 1.165) is 79.8 Å². The molecular weight excluding hydrogens is 564 g/mol. The molecule has 4 aromatic rings. The molecule has 45 heavy (non-hydrogen) atoms. The highest BCUT2D eigenvalue weighted by Gasteiger charge is 2.42. The number of hydrogen-bond donors (Lipinski definition) is 2. The molecule has 2 amide bonds. The van der Waals surface area contributed by atoms with Crippen LogP contribution in [0.5, 0.6) is 0 Å². The van der Waals surface area contributed by atoms with E-state index < -0.39 is 0 Å². The number of piperidine rings is 1. The lowest BCUT2D eigenvalue weighted by molar-refractivity contribution is 0.0922. The van der Waals surface area contributed by atoms with E-state index in [9.17, 15) is 9.59 Å². The zero-order valence-electron chi connectivity index (χ0n) is 26.3. The number of nitrogens with zero attached hydrogens (tertiary/aromatic N) is 4. The van der Waals surface area contributed by atoms with Gasteiger partial charge in [-0.1, -0.05) is 18.2 Å². The SMILES string of the molecule is Cc1c(C(=O)NC2C[C@H]3CC[C@@H](C2)N3c2ccc(C(=O)N[C@@H](C)c3ccc(N4CCN(C)CC4)cc3)cn2)ccc2ccoc12. The van der Waals surface area contributed by atoms with Crippen LogP contribution in [0, 0.1) is 6.92 Å². The van der Waals surface area contributed by atoms with Gasteiger partial charge in [0.2, 0.25) is 0 Å². The number of rotatable bonds is 7. The molecule has 9 nitrogen and oxygen atoms in total. The predicted octanol–water partition coefficient (Wildman–Crippen LogP) is 5.31. The van der Waals surface area contributed by atoms with Gasteiger partial charge in [0.05, 0.1) is 17.9 Å². The van der Waals surface area contributed by atoms with E-state index in [1.807, 2.05) is 44.2 Å². The summed E-state index contributed by atoms with van der Waals surface area (Å²) in [6, 6.07) is 18.7. The standard InChI is InChI=1S/C36H42N6O3/c1-23-32(12-6-26-14-19-45-34(23)26)36(44)39-28-20-30-10-11-31(21-28)42(30)33-13-7-27(22-37-33)35(43)38-24(2)25-4-8-29(9-5-25)41-17-15-40(3)16-18-41/h4-9,12-14,19,22,24,28,30-31H,10-11,15-18,20-21H2,1-3H3,(H,38,43)(H,39,44)/t24-,28?,30-,31+/m0/s1. The normalized spacial score (nSPS) is 22.4. The third kappa shape index (κ3) is 5.89. The molecule has 2 bridgehead atoms. The first-order chi connectivity index (χ1) is 21.8. The van der Waals surface area contributed by atoms with Gasteiger partial charge in [-0.15, -0.1) is 0 Å². The fourth-order valence-electron chi connectivity index (χ4n) is 7.43. The van der Waals surface area contributed by atoms with Gasteiger partial charge < -0.3 is 29.8 Å². The number of benzene rings is 2. The van der Waals surface area contributed by atoms with Crippen LogP contribution in [0.3, 0.4) is 0 Å². The highest BCUT2D eigenvalue weighted by atomic mass is 16.3. The van der Waals surface area contributed by atoms with E-state index in [0.29, 0.717) is 23.2 Å². The van der Waals surface area contributed by atoms with Crippen molar-refractivity contribution in [2.45, 2.75) is 63.7 Å². The molecule has 7 rings (SSSR count). The number of carbonyl (C=O) groups is 2. The Balaban J connectivity index is 0.944. The fraction of sp³-hybridized carbons (Fsp3) is 0.417. The van der Waals surface area contributed by atoms with Gasteiger partial charge >= 0.3 is 0 Å². The molecule has 4 atom stereocenters. The van der Waals surface area contributed by atoms with Gasteiger partial charge in [0, 0.05) is 72.7 Å². The van der Waals surface area contributed by atoms with Gasteiger partial charge in [-0.2, -0.15) is 0 Å². The first-order valence-corrected chi connectivity index (χ1v) is 16.2. The van der Waals surface area contributed by atoms with Gasteiger partial charge in [0.1, 0.15) is 11.4 Å². The number of aromatic nitrogens is 1. The zero-order valence-corrected chi connectivity index (χ0v) is 26.3. The zero-order chi connectivity index (χ0) is 31.1. The fourth-order valence-corrected chi connectivity index (χ4v) is 7.43. The Labute approximate surface area is 264 Å². The minimum Gasteiger partial charge on any atom is -0.464 e. The summed E-state index contributed by atoms with van der Waals surface area (Å²) in [7, 11) is 2.16. The van der Waals surface area contributed by atoms with Gasteiger partial charge in [-0.3, -0.25) is 9.59 Å². The van der Waals surface area contributed by atoms with Gasteiger partial charge in [0.25, 0.3) is 11.8 Å². The van der Waals surface area contributed by atoms with Gasteiger partial charge in [-0.25, -0.2) is 4.98 Å². The van der Waals surface area contributed by atoms with E-state index in [1.54, 1.807) is 12.5 Å². The number of piperazine rings is 1. The van der Waals surface area contributed by atoms with Crippen LogP contribution < -0.4 is 20.4 Å². The van der Waals surface area contributed by atoms with Crippen molar-refractivity contribution in [2.75, 3.05) is 43.0 Å². The molecule has 5 heterocycles. The molecule has 3 fully saturated rings. The summed E-state index contributed by atoms with van der Waals surface area (Å²) in [4.78, 5) is 38.2. The Kier molecular flexibility index (Phi) is 7.95. The summed E-state index contributed by atoms with van der Waals surface area (Å²) in [6.07, 6.45) is 7.25. The quantitative estimate of drug-likeness (QED) is 0.295. The van der Waals surface area contributed by atoms with E-state index in [2.05, 4.69) is 56.6 Å². The monoisotopic (exact) mass is 606 g/mol. The number of amides is 2. The highest BCUT2D eigenvalue weighted by molar-refractivity contribution is 6.00. The molecule has 3 aliphatic heterocycles. The van der Waals surface area contributed by atoms with E-state index in [4.69, 9.17) is 9.40 Å². The third-order valence-corrected chi connectivity index (χ3v) is 10.1. The molecule has 0 radical (unpaired) electrons. The summed E-state index contributed by atoms with van der Waals surface area (Å²) in [5, 5.41) is 7.44. The molecule has 0 spiro atoms. The van der Waals surface area contributed by atoms with E-state index in [1.165, 1.54) is 5.69 Å². The molecule has 0 saturated carbocycles. The number of likely N-dealkylation sites (N-methyl/N-ethyl adjacent to an activating group) is 1. The maximum Gasteiger partial charge on any atom is 0.253 e. The molecule has 0 aliphatic carbocycles. The van der Waals surface area contributed by atoms with Crippen molar-refractivity contribution in [3.63, 3.8) is 0 Å². The first kappa shape index (κ1) is 29.3. The molecule has 3 aliphatic rings. The van der Waals surface area contributed by atoms with Crippen molar-refractivity contribution >= 4 is 34.3 Å². The second-order valence-corrected chi connectivity index (χ2v) is 13.0. The number of aryl methyl sites for hydroxylation is 1. The van der Waals surface area contributed by atoms with Crippen LogP contribution in [0.25, 0.3) is 11.0 Å². The summed E-state index contributed by atoms with van der Waals surface area (Å²) >= 11 is 0. The molecule has 1 unspecified atom stereocenters. The second kappa shape index (κ2) is 12.2. The van der Waals surface area contributed by atoms with Gasteiger partial charge in [-0.05, 0) is 88.5 Å². The van der Waals surface area contributed by atoms with Crippen molar-refractivity contribution in [2.24, 2.45) is 0 Å². The third-order valence-electron chi connectivity index (χ3n) is 10.1. The minimum atomic E-state index is -0.128. The number of fused-ring (bicyclic) bond motifs is 3. The average molecular weight is 607 g/mol. The number of carbonyl (C=O) groups excluding carboxylic acids is 2. The lowest BCUT2D eigenvalue weighted by Crippen LogP contribution is -2.50. The Morgan fingerprint density at radius 2 is 1.64 bits per heavy atom. The largest absolute Gasteiger partial charge is 0.464 e. The van der Waals surface area contributed by atoms with Crippen molar-refractivity contribution in [1.82, 2.24) is 20.5 Å². The molecular formula is C36H42N6O3. The Morgan fingerprint density at radius 1 is 0.911 bits per heavy atom. The summed E-state index contributed by atoms with van der Waals surface area (Å²) in [6.45, 7) is 8.17. The topological polar surface area (TPSA) is 94.0 Å². The predicted molar refractivity (Wildman–Crippen MR) is 177 cm³/mol. The number of anilines is 2. The average Bonchev–Trinajstić information content (AvgIpc) is 3.64. The van der Waals surface area contributed by atoms with Crippen molar-refractivity contribution in [3.8, 4) is 0 Å². The van der Waals surface area contributed by atoms with Crippen molar-refractivity contribution in [1.29, 1.82) is 0 Å². The van der Waals surface area contributed by atoms with E-state index in [-0.39, 0.29) is 23.9 Å². The maximum absolute atomic E-state index is 13.2. The Hall–Kier alpha value is -4.37. The van der Waals surface area contributed by atoms with E-state index >= 15 is 0 Å². The molecule has 2 aromatic heterocycles. The lowest BCUT2D eigenvalue weighted by atomic mass is 9.96. The number of pyridine rings is 1.